The van der Waals surface area contributed by atoms with E-state index >= 15 is 0 Å². The van der Waals surface area contributed by atoms with Crippen molar-refractivity contribution in [2.75, 3.05) is 11.9 Å². The van der Waals surface area contributed by atoms with Gasteiger partial charge in [0.05, 0.1) is 26.2 Å². The SMILES string of the molecule is Cc1cc(C)n(CC(C)CNC(=O)c2sc(NC(=O)c3ccccc3Cl)cc2C)n1. The van der Waals surface area contributed by atoms with Crippen molar-refractivity contribution in [2.45, 2.75) is 34.2 Å². The molecule has 0 aliphatic heterocycles. The Balaban J connectivity index is 1.59. The number of carbonyl (C=O) groups excluding carboxylic acids is 2. The molecule has 3 aromatic rings. The fourth-order valence-corrected chi connectivity index (χ4v) is 4.37. The number of carbonyl (C=O) groups is 2. The van der Waals surface area contributed by atoms with E-state index in [1.165, 1.54) is 11.3 Å². The average Bonchev–Trinajstić information content (AvgIpc) is 3.20. The van der Waals surface area contributed by atoms with Crippen molar-refractivity contribution < 1.29 is 9.59 Å². The highest BCUT2D eigenvalue weighted by molar-refractivity contribution is 7.18. The maximum absolute atomic E-state index is 12.7. The van der Waals surface area contributed by atoms with E-state index in [-0.39, 0.29) is 17.7 Å². The number of halogens is 1. The predicted molar refractivity (Wildman–Crippen MR) is 122 cm³/mol. The molecule has 2 N–H and O–H groups in total. The van der Waals surface area contributed by atoms with Gasteiger partial charge >= 0.3 is 0 Å². The summed E-state index contributed by atoms with van der Waals surface area (Å²) >= 11 is 7.34. The lowest BCUT2D eigenvalue weighted by molar-refractivity contribution is 0.0949. The average molecular weight is 445 g/mol. The number of hydrogen-bond acceptors (Lipinski definition) is 4. The Morgan fingerprint density at radius 1 is 1.17 bits per heavy atom. The van der Waals surface area contributed by atoms with E-state index in [9.17, 15) is 9.59 Å². The van der Waals surface area contributed by atoms with Crippen molar-refractivity contribution in [1.82, 2.24) is 15.1 Å². The topological polar surface area (TPSA) is 76.0 Å². The number of aromatic nitrogens is 2. The molecule has 1 unspecified atom stereocenters. The van der Waals surface area contributed by atoms with Crippen molar-refractivity contribution in [3.05, 3.63) is 68.8 Å². The first-order chi connectivity index (χ1) is 14.2. The highest BCUT2D eigenvalue weighted by Gasteiger charge is 2.17. The second kappa shape index (κ2) is 9.45. The van der Waals surface area contributed by atoms with Crippen LogP contribution < -0.4 is 10.6 Å². The van der Waals surface area contributed by atoms with Gasteiger partial charge in [0.15, 0.2) is 0 Å². The summed E-state index contributed by atoms with van der Waals surface area (Å²) in [7, 11) is 0. The Kier molecular flexibility index (Phi) is 6.95. The minimum absolute atomic E-state index is 0.143. The first-order valence-corrected chi connectivity index (χ1v) is 10.9. The quantitative estimate of drug-likeness (QED) is 0.547. The number of benzene rings is 1. The van der Waals surface area contributed by atoms with E-state index in [0.717, 1.165) is 23.5 Å². The maximum Gasteiger partial charge on any atom is 0.261 e. The standard InChI is InChI=1S/C22H25ClN4O2S/c1-13(12-27-16(4)10-15(3)26-27)11-24-22(29)20-14(2)9-19(30-20)25-21(28)17-7-5-6-8-18(17)23/h5-10,13H,11-12H2,1-4H3,(H,24,29)(H,25,28). The Morgan fingerprint density at radius 2 is 1.90 bits per heavy atom. The van der Waals surface area contributed by atoms with Gasteiger partial charge in [0.2, 0.25) is 0 Å². The van der Waals surface area contributed by atoms with Crippen molar-refractivity contribution in [3.8, 4) is 0 Å². The predicted octanol–water partition coefficient (Wildman–Crippen LogP) is 4.84. The number of rotatable bonds is 7. The van der Waals surface area contributed by atoms with Crippen LogP contribution in [0.25, 0.3) is 0 Å². The third-order valence-corrected chi connectivity index (χ3v) is 6.16. The molecule has 3 rings (SSSR count). The van der Waals surface area contributed by atoms with Gasteiger partial charge in [-0.15, -0.1) is 11.3 Å². The van der Waals surface area contributed by atoms with Crippen LogP contribution >= 0.6 is 22.9 Å². The van der Waals surface area contributed by atoms with Gasteiger partial charge < -0.3 is 10.6 Å². The molecule has 30 heavy (non-hydrogen) atoms. The van der Waals surface area contributed by atoms with Crippen LogP contribution in [0, 0.1) is 26.7 Å². The number of aryl methyl sites for hydroxylation is 3. The fourth-order valence-electron chi connectivity index (χ4n) is 3.16. The zero-order valence-corrected chi connectivity index (χ0v) is 19.0. The van der Waals surface area contributed by atoms with Crippen molar-refractivity contribution in [3.63, 3.8) is 0 Å². The smallest absolute Gasteiger partial charge is 0.261 e. The highest BCUT2D eigenvalue weighted by atomic mass is 35.5. The molecule has 0 saturated carbocycles. The molecule has 0 radical (unpaired) electrons. The van der Waals surface area contributed by atoms with Gasteiger partial charge in [0, 0.05) is 18.8 Å². The van der Waals surface area contributed by atoms with Gasteiger partial charge in [-0.1, -0.05) is 30.7 Å². The van der Waals surface area contributed by atoms with Crippen LogP contribution in [0.1, 0.15) is 43.9 Å². The third-order valence-electron chi connectivity index (χ3n) is 4.68. The Labute approximate surface area is 185 Å². The van der Waals surface area contributed by atoms with Crippen LogP contribution in [0.4, 0.5) is 5.00 Å². The summed E-state index contributed by atoms with van der Waals surface area (Å²) in [6.45, 7) is 9.21. The molecule has 2 amide bonds. The zero-order chi connectivity index (χ0) is 21.8. The van der Waals surface area contributed by atoms with Gasteiger partial charge in [-0.2, -0.15) is 5.10 Å². The van der Waals surface area contributed by atoms with Crippen LogP contribution in [-0.4, -0.2) is 28.1 Å². The molecule has 158 valence electrons. The lowest BCUT2D eigenvalue weighted by Crippen LogP contribution is -2.30. The van der Waals surface area contributed by atoms with E-state index in [4.69, 9.17) is 11.6 Å². The van der Waals surface area contributed by atoms with Crippen LogP contribution in [-0.2, 0) is 6.54 Å². The second-order valence-corrected chi connectivity index (χ2v) is 8.94. The molecule has 1 aromatic carbocycles. The summed E-state index contributed by atoms with van der Waals surface area (Å²) in [6, 6.07) is 10.7. The third kappa shape index (κ3) is 5.29. The van der Waals surface area contributed by atoms with Gasteiger partial charge in [-0.05, 0) is 56.5 Å². The summed E-state index contributed by atoms with van der Waals surface area (Å²) in [6.07, 6.45) is 0. The Bertz CT molecular complexity index is 1070. The number of amides is 2. The van der Waals surface area contributed by atoms with Gasteiger partial charge in [-0.3, -0.25) is 14.3 Å². The van der Waals surface area contributed by atoms with Gasteiger partial charge in [0.25, 0.3) is 11.8 Å². The summed E-state index contributed by atoms with van der Waals surface area (Å²) < 4.78 is 1.96. The molecule has 0 spiro atoms. The Morgan fingerprint density at radius 3 is 2.57 bits per heavy atom. The van der Waals surface area contributed by atoms with E-state index < -0.39 is 0 Å². The van der Waals surface area contributed by atoms with Crippen molar-refractivity contribution in [2.24, 2.45) is 5.92 Å². The van der Waals surface area contributed by atoms with E-state index in [1.54, 1.807) is 30.3 Å². The molecule has 0 aliphatic rings. The molecule has 6 nitrogen and oxygen atoms in total. The fraction of sp³-hybridized carbons (Fsp3) is 0.318. The monoisotopic (exact) mass is 444 g/mol. The second-order valence-electron chi connectivity index (χ2n) is 7.48. The van der Waals surface area contributed by atoms with Crippen LogP contribution in [0.15, 0.2) is 36.4 Å². The summed E-state index contributed by atoms with van der Waals surface area (Å²) in [5.74, 6) is -0.213. The molecular formula is C22H25ClN4O2S. The Hall–Kier alpha value is -2.64. The molecule has 1 atom stereocenters. The molecule has 2 heterocycles. The first kappa shape index (κ1) is 22.1. The van der Waals surface area contributed by atoms with Crippen molar-refractivity contribution >= 4 is 39.8 Å². The number of nitrogens with one attached hydrogen (secondary N) is 2. The van der Waals surface area contributed by atoms with Crippen LogP contribution in [0.5, 0.6) is 0 Å². The molecule has 0 bridgehead atoms. The number of anilines is 1. The molecular weight excluding hydrogens is 420 g/mol. The van der Waals surface area contributed by atoms with E-state index in [0.29, 0.717) is 27.0 Å². The minimum atomic E-state index is -0.299. The normalized spacial score (nSPS) is 11.9. The van der Waals surface area contributed by atoms with Gasteiger partial charge in [0.1, 0.15) is 0 Å². The van der Waals surface area contributed by atoms with Crippen LogP contribution in [0.3, 0.4) is 0 Å². The van der Waals surface area contributed by atoms with E-state index in [1.807, 2.05) is 31.5 Å². The molecule has 0 fully saturated rings. The van der Waals surface area contributed by atoms with Gasteiger partial charge in [-0.25, -0.2) is 0 Å². The maximum atomic E-state index is 12.7. The molecule has 0 aliphatic carbocycles. The molecule has 2 aromatic heterocycles. The first-order valence-electron chi connectivity index (χ1n) is 9.70. The highest BCUT2D eigenvalue weighted by Crippen LogP contribution is 2.28. The summed E-state index contributed by atoms with van der Waals surface area (Å²) in [5.41, 5.74) is 3.32. The van der Waals surface area contributed by atoms with Crippen LogP contribution in [0.2, 0.25) is 5.02 Å². The number of nitrogens with zero attached hydrogens (tertiary/aromatic N) is 2. The lowest BCUT2D eigenvalue weighted by atomic mass is 10.1. The summed E-state index contributed by atoms with van der Waals surface area (Å²) in [5, 5.41) is 11.3. The number of hydrogen-bond donors (Lipinski definition) is 2. The van der Waals surface area contributed by atoms with E-state index in [2.05, 4.69) is 22.7 Å². The zero-order valence-electron chi connectivity index (χ0n) is 17.5. The summed E-state index contributed by atoms with van der Waals surface area (Å²) in [4.78, 5) is 25.7. The number of thiophene rings is 1. The largest absolute Gasteiger partial charge is 0.351 e. The molecule has 8 heteroatoms. The lowest BCUT2D eigenvalue weighted by Gasteiger charge is -2.14. The van der Waals surface area contributed by atoms with Crippen molar-refractivity contribution in [1.29, 1.82) is 0 Å². The minimum Gasteiger partial charge on any atom is -0.351 e. The molecule has 0 saturated heterocycles.